The Hall–Kier alpha value is -3.27. The number of likely N-dealkylation sites (N-methyl/N-ethyl adjacent to an activating group) is 1. The smallest absolute Gasteiger partial charge is 0.264 e. The lowest BCUT2D eigenvalue weighted by Crippen LogP contribution is -2.52. The molecular weight excluding hydrogens is 573 g/mol. The second-order valence-corrected chi connectivity index (χ2v) is 11.5. The predicted octanol–water partition coefficient (Wildman–Crippen LogP) is 5.53. The molecule has 1 atom stereocenters. The van der Waals surface area contributed by atoms with Crippen molar-refractivity contribution in [3.05, 3.63) is 88.4 Å². The summed E-state index contributed by atoms with van der Waals surface area (Å²) in [5.74, 6) is -0.341. The van der Waals surface area contributed by atoms with Gasteiger partial charge in [0.05, 0.1) is 17.2 Å². The SMILES string of the molecule is CCNC(=O)[C@H](CC)N(Cc1ccccc1Cl)C(=O)CN(c1ccc(OCC)cc1)S(=O)(=O)c1ccc(Cl)cc1. The molecule has 3 aromatic rings. The molecule has 0 saturated carbocycles. The molecule has 0 heterocycles. The van der Waals surface area contributed by atoms with Crippen molar-refractivity contribution in [1.82, 2.24) is 10.2 Å². The van der Waals surface area contributed by atoms with Gasteiger partial charge in [0.15, 0.2) is 0 Å². The normalized spacial score (nSPS) is 11.9. The van der Waals surface area contributed by atoms with Crippen LogP contribution in [0.5, 0.6) is 5.75 Å². The van der Waals surface area contributed by atoms with E-state index in [-0.39, 0.29) is 23.0 Å². The average molecular weight is 607 g/mol. The highest BCUT2D eigenvalue weighted by Crippen LogP contribution is 2.28. The average Bonchev–Trinajstić information content (AvgIpc) is 2.93. The van der Waals surface area contributed by atoms with E-state index in [9.17, 15) is 18.0 Å². The monoisotopic (exact) mass is 605 g/mol. The molecule has 0 fully saturated rings. The number of carbonyl (C=O) groups is 2. The molecule has 214 valence electrons. The van der Waals surface area contributed by atoms with E-state index in [0.29, 0.717) is 40.9 Å². The Morgan fingerprint density at radius 2 is 1.57 bits per heavy atom. The van der Waals surface area contributed by atoms with E-state index in [4.69, 9.17) is 27.9 Å². The quantitative estimate of drug-likeness (QED) is 0.276. The van der Waals surface area contributed by atoms with Crippen LogP contribution in [0.1, 0.15) is 32.8 Å². The number of nitrogens with one attached hydrogen (secondary N) is 1. The summed E-state index contributed by atoms with van der Waals surface area (Å²) < 4.78 is 34.3. The highest BCUT2D eigenvalue weighted by Gasteiger charge is 2.33. The van der Waals surface area contributed by atoms with Crippen molar-refractivity contribution < 1.29 is 22.7 Å². The van der Waals surface area contributed by atoms with Crippen molar-refractivity contribution in [2.24, 2.45) is 0 Å². The number of ether oxygens (including phenoxy) is 1. The zero-order chi connectivity index (χ0) is 29.3. The van der Waals surface area contributed by atoms with Crippen LogP contribution in [0.2, 0.25) is 10.0 Å². The van der Waals surface area contributed by atoms with E-state index < -0.39 is 28.5 Å². The minimum Gasteiger partial charge on any atom is -0.494 e. The molecule has 2 amide bonds. The maximum atomic E-state index is 14.0. The van der Waals surface area contributed by atoms with E-state index in [2.05, 4.69) is 5.32 Å². The van der Waals surface area contributed by atoms with Crippen molar-refractivity contribution in [2.75, 3.05) is 24.0 Å². The van der Waals surface area contributed by atoms with Gasteiger partial charge in [-0.3, -0.25) is 13.9 Å². The fourth-order valence-corrected chi connectivity index (χ4v) is 5.90. The molecule has 0 aliphatic carbocycles. The number of anilines is 1. The molecule has 40 heavy (non-hydrogen) atoms. The fourth-order valence-electron chi connectivity index (χ4n) is 4.16. The zero-order valence-corrected chi connectivity index (χ0v) is 25.0. The first kappa shape index (κ1) is 31.3. The minimum absolute atomic E-state index is 0.0201. The van der Waals surface area contributed by atoms with Crippen LogP contribution < -0.4 is 14.4 Å². The van der Waals surface area contributed by atoms with Crippen LogP contribution in [0, 0.1) is 0 Å². The van der Waals surface area contributed by atoms with Crippen LogP contribution >= 0.6 is 23.2 Å². The highest BCUT2D eigenvalue weighted by atomic mass is 35.5. The van der Waals surface area contributed by atoms with E-state index in [1.165, 1.54) is 29.2 Å². The standard InChI is InChI=1S/C29H33Cl2N3O5S/c1-4-27(29(36)32-5-2)33(19-21-9-7-8-10-26(21)31)28(35)20-34(23-13-15-24(16-14-23)39-6-3)40(37,38)25-17-11-22(30)12-18-25/h7-18,27H,4-6,19-20H2,1-3H3,(H,32,36)/t27-/m0/s1. The summed E-state index contributed by atoms with van der Waals surface area (Å²) in [7, 11) is -4.21. The lowest BCUT2D eigenvalue weighted by atomic mass is 10.1. The third kappa shape index (κ3) is 7.68. The van der Waals surface area contributed by atoms with Gasteiger partial charge < -0.3 is 15.0 Å². The van der Waals surface area contributed by atoms with Gasteiger partial charge in [-0.1, -0.05) is 48.3 Å². The van der Waals surface area contributed by atoms with Crippen molar-refractivity contribution in [2.45, 2.75) is 44.7 Å². The summed E-state index contributed by atoms with van der Waals surface area (Å²) in [5, 5.41) is 3.58. The van der Waals surface area contributed by atoms with Crippen molar-refractivity contribution in [3.8, 4) is 5.75 Å². The fraction of sp³-hybridized carbons (Fsp3) is 0.310. The van der Waals surface area contributed by atoms with Crippen molar-refractivity contribution in [3.63, 3.8) is 0 Å². The Morgan fingerprint density at radius 3 is 2.15 bits per heavy atom. The first-order valence-corrected chi connectivity index (χ1v) is 15.1. The molecule has 0 saturated heterocycles. The van der Waals surface area contributed by atoms with Crippen molar-refractivity contribution >= 4 is 50.7 Å². The van der Waals surface area contributed by atoms with Gasteiger partial charge in [0.25, 0.3) is 10.0 Å². The van der Waals surface area contributed by atoms with E-state index in [1.807, 2.05) is 6.92 Å². The predicted molar refractivity (Wildman–Crippen MR) is 158 cm³/mol. The van der Waals surface area contributed by atoms with E-state index in [0.717, 1.165) is 4.31 Å². The molecule has 0 aliphatic heterocycles. The molecular formula is C29H33Cl2N3O5S. The zero-order valence-electron chi connectivity index (χ0n) is 22.6. The van der Waals surface area contributed by atoms with Gasteiger partial charge in [-0.05, 0) is 80.4 Å². The summed E-state index contributed by atoms with van der Waals surface area (Å²) >= 11 is 12.4. The summed E-state index contributed by atoms with van der Waals surface area (Å²) in [6, 6.07) is 18.3. The largest absolute Gasteiger partial charge is 0.494 e. The molecule has 0 bridgehead atoms. The lowest BCUT2D eigenvalue weighted by molar-refractivity contribution is -0.140. The Bertz CT molecular complexity index is 1400. The molecule has 0 spiro atoms. The Balaban J connectivity index is 2.07. The number of carbonyl (C=O) groups excluding carboxylic acids is 2. The molecule has 1 N–H and O–H groups in total. The molecule has 8 nitrogen and oxygen atoms in total. The summed E-state index contributed by atoms with van der Waals surface area (Å²) in [4.78, 5) is 28.4. The van der Waals surface area contributed by atoms with Gasteiger partial charge >= 0.3 is 0 Å². The van der Waals surface area contributed by atoms with Crippen LogP contribution in [-0.2, 0) is 26.2 Å². The van der Waals surface area contributed by atoms with Gasteiger partial charge in [0, 0.05) is 23.1 Å². The summed E-state index contributed by atoms with van der Waals surface area (Å²) in [6.07, 6.45) is 0.314. The van der Waals surface area contributed by atoms with E-state index >= 15 is 0 Å². The number of benzene rings is 3. The van der Waals surface area contributed by atoms with Crippen LogP contribution in [0.3, 0.4) is 0 Å². The molecule has 3 aromatic carbocycles. The van der Waals surface area contributed by atoms with Gasteiger partial charge in [-0.2, -0.15) is 0 Å². The van der Waals surface area contributed by atoms with Gasteiger partial charge in [0.2, 0.25) is 11.8 Å². The van der Waals surface area contributed by atoms with Crippen LogP contribution in [0.25, 0.3) is 0 Å². The number of nitrogens with zero attached hydrogens (tertiary/aromatic N) is 2. The maximum absolute atomic E-state index is 14.0. The molecule has 0 unspecified atom stereocenters. The number of halogens is 2. The number of hydrogen-bond acceptors (Lipinski definition) is 5. The number of hydrogen-bond donors (Lipinski definition) is 1. The molecule has 0 radical (unpaired) electrons. The van der Waals surface area contributed by atoms with Gasteiger partial charge in [0.1, 0.15) is 18.3 Å². The molecule has 3 rings (SSSR count). The third-order valence-corrected chi connectivity index (χ3v) is 8.56. The van der Waals surface area contributed by atoms with Crippen molar-refractivity contribution in [1.29, 1.82) is 0 Å². The first-order chi connectivity index (χ1) is 19.1. The highest BCUT2D eigenvalue weighted by molar-refractivity contribution is 7.92. The third-order valence-electron chi connectivity index (χ3n) is 6.15. The number of sulfonamides is 1. The Kier molecular flexibility index (Phi) is 11.2. The topological polar surface area (TPSA) is 96.0 Å². The van der Waals surface area contributed by atoms with Crippen LogP contribution in [0.4, 0.5) is 5.69 Å². The summed E-state index contributed by atoms with van der Waals surface area (Å²) in [5.41, 5.74) is 0.893. The molecule has 11 heteroatoms. The van der Waals surface area contributed by atoms with Gasteiger partial charge in [-0.25, -0.2) is 8.42 Å². The van der Waals surface area contributed by atoms with Gasteiger partial charge in [-0.15, -0.1) is 0 Å². The Morgan fingerprint density at radius 1 is 0.925 bits per heavy atom. The second kappa shape index (κ2) is 14.4. The number of rotatable bonds is 13. The lowest BCUT2D eigenvalue weighted by Gasteiger charge is -2.33. The second-order valence-electron chi connectivity index (χ2n) is 8.82. The summed E-state index contributed by atoms with van der Waals surface area (Å²) in [6.45, 7) is 5.72. The molecule has 0 aliphatic rings. The Labute approximate surface area is 245 Å². The number of amides is 2. The van der Waals surface area contributed by atoms with Crippen LogP contribution in [-0.4, -0.2) is 50.9 Å². The minimum atomic E-state index is -4.21. The van der Waals surface area contributed by atoms with Crippen LogP contribution in [0.15, 0.2) is 77.7 Å². The molecule has 0 aromatic heterocycles. The van der Waals surface area contributed by atoms with E-state index in [1.54, 1.807) is 62.4 Å². The first-order valence-electron chi connectivity index (χ1n) is 12.9. The maximum Gasteiger partial charge on any atom is 0.264 e.